The van der Waals surface area contributed by atoms with E-state index in [-0.39, 0.29) is 5.91 Å². The molecule has 1 aromatic carbocycles. The Kier molecular flexibility index (Phi) is 5.43. The molecule has 0 saturated heterocycles. The maximum atomic E-state index is 11.9. The van der Waals surface area contributed by atoms with E-state index in [1.54, 1.807) is 29.5 Å². The van der Waals surface area contributed by atoms with Crippen molar-refractivity contribution in [2.45, 2.75) is 6.54 Å². The van der Waals surface area contributed by atoms with Crippen LogP contribution in [0.5, 0.6) is 0 Å². The highest BCUT2D eigenvalue weighted by Gasteiger charge is 2.08. The van der Waals surface area contributed by atoms with Gasteiger partial charge in [0.1, 0.15) is 0 Å². The topological polar surface area (TPSA) is 32.3 Å². The van der Waals surface area contributed by atoms with Gasteiger partial charge in [0.05, 0.1) is 6.54 Å². The highest BCUT2D eigenvalue weighted by atomic mass is 35.5. The molecule has 1 heterocycles. The summed E-state index contributed by atoms with van der Waals surface area (Å²) in [6, 6.07) is 7.02. The Bertz CT molecular complexity index is 567. The van der Waals surface area contributed by atoms with Crippen LogP contribution in [-0.4, -0.2) is 24.4 Å². The zero-order valence-electron chi connectivity index (χ0n) is 10.9. The van der Waals surface area contributed by atoms with Gasteiger partial charge in [0.15, 0.2) is 0 Å². The number of hydrogen-bond donors (Lipinski definition) is 1. The molecule has 0 bridgehead atoms. The molecule has 2 aromatic rings. The summed E-state index contributed by atoms with van der Waals surface area (Å²) in [5, 5.41) is 7.89. The summed E-state index contributed by atoms with van der Waals surface area (Å²) in [5.41, 5.74) is 1.81. The fraction of sp³-hybridized carbons (Fsp3) is 0.214. The Labute approximate surface area is 132 Å². The molecule has 0 aliphatic carbocycles. The number of nitrogens with one attached hydrogen (secondary N) is 1. The number of carbonyl (C=O) groups is 1. The van der Waals surface area contributed by atoms with Crippen LogP contribution in [0, 0.1) is 0 Å². The summed E-state index contributed by atoms with van der Waals surface area (Å²) >= 11 is 13.4. The molecule has 106 valence electrons. The number of amides is 1. The van der Waals surface area contributed by atoms with E-state index in [1.165, 1.54) is 5.56 Å². The summed E-state index contributed by atoms with van der Waals surface area (Å²) in [4.78, 5) is 13.9. The molecule has 0 saturated carbocycles. The summed E-state index contributed by atoms with van der Waals surface area (Å²) in [6.07, 6.45) is 0. The quantitative estimate of drug-likeness (QED) is 0.895. The molecule has 0 atom stereocenters. The Hall–Kier alpha value is -1.07. The van der Waals surface area contributed by atoms with Gasteiger partial charge in [-0.05, 0) is 47.6 Å². The second kappa shape index (κ2) is 7.09. The summed E-state index contributed by atoms with van der Waals surface area (Å²) in [7, 11) is 1.90. The summed E-state index contributed by atoms with van der Waals surface area (Å²) < 4.78 is 0. The van der Waals surface area contributed by atoms with Gasteiger partial charge in [-0.15, -0.1) is 0 Å². The van der Waals surface area contributed by atoms with Crippen LogP contribution in [-0.2, 0) is 11.3 Å². The minimum atomic E-state index is -0.0962. The predicted octanol–water partition coefficient (Wildman–Crippen LogP) is 4.13. The molecule has 20 heavy (non-hydrogen) atoms. The molecule has 0 fully saturated rings. The van der Waals surface area contributed by atoms with Gasteiger partial charge in [0.25, 0.3) is 0 Å². The van der Waals surface area contributed by atoms with Crippen LogP contribution in [0.15, 0.2) is 35.0 Å². The molecule has 3 nitrogen and oxygen atoms in total. The minimum absolute atomic E-state index is 0.0962. The third kappa shape index (κ3) is 4.80. The van der Waals surface area contributed by atoms with Crippen molar-refractivity contribution in [3.8, 4) is 0 Å². The van der Waals surface area contributed by atoms with Crippen molar-refractivity contribution in [1.82, 2.24) is 4.90 Å². The van der Waals surface area contributed by atoms with Gasteiger partial charge in [-0.25, -0.2) is 0 Å². The number of carbonyl (C=O) groups excluding carboxylic acids is 1. The molecule has 0 unspecified atom stereocenters. The lowest BCUT2D eigenvalue weighted by molar-refractivity contribution is -0.117. The highest BCUT2D eigenvalue weighted by Crippen LogP contribution is 2.22. The Balaban J connectivity index is 1.88. The molecular weight excluding hydrogens is 315 g/mol. The third-order valence-electron chi connectivity index (χ3n) is 2.59. The highest BCUT2D eigenvalue weighted by molar-refractivity contribution is 7.07. The van der Waals surface area contributed by atoms with Crippen LogP contribution >= 0.6 is 34.5 Å². The van der Waals surface area contributed by atoms with Crippen molar-refractivity contribution in [3.05, 3.63) is 50.6 Å². The number of thiophene rings is 1. The predicted molar refractivity (Wildman–Crippen MR) is 85.7 cm³/mol. The Morgan fingerprint density at radius 2 is 2.00 bits per heavy atom. The number of nitrogens with zero attached hydrogens (tertiary/aromatic N) is 1. The number of anilines is 1. The van der Waals surface area contributed by atoms with Gasteiger partial charge in [-0.1, -0.05) is 23.2 Å². The smallest absolute Gasteiger partial charge is 0.238 e. The van der Waals surface area contributed by atoms with Gasteiger partial charge in [-0.3, -0.25) is 9.69 Å². The van der Waals surface area contributed by atoms with Crippen molar-refractivity contribution in [2.24, 2.45) is 0 Å². The van der Waals surface area contributed by atoms with E-state index in [0.717, 1.165) is 6.54 Å². The number of rotatable bonds is 5. The second-order valence-electron chi connectivity index (χ2n) is 4.51. The first-order valence-corrected chi connectivity index (χ1v) is 7.68. The van der Waals surface area contributed by atoms with Gasteiger partial charge in [-0.2, -0.15) is 11.3 Å². The van der Waals surface area contributed by atoms with E-state index >= 15 is 0 Å². The first-order chi connectivity index (χ1) is 9.52. The average molecular weight is 329 g/mol. The van der Waals surface area contributed by atoms with Gasteiger partial charge in [0.2, 0.25) is 5.91 Å². The van der Waals surface area contributed by atoms with Crippen LogP contribution in [0.1, 0.15) is 5.56 Å². The number of halogens is 2. The normalized spacial score (nSPS) is 10.8. The fourth-order valence-electron chi connectivity index (χ4n) is 1.82. The SMILES string of the molecule is CN(CC(=O)Nc1cc(Cl)cc(Cl)c1)Cc1ccsc1. The Morgan fingerprint density at radius 1 is 1.30 bits per heavy atom. The Morgan fingerprint density at radius 3 is 2.60 bits per heavy atom. The monoisotopic (exact) mass is 328 g/mol. The molecule has 1 amide bonds. The van der Waals surface area contributed by atoms with E-state index in [0.29, 0.717) is 22.3 Å². The van der Waals surface area contributed by atoms with Crippen molar-refractivity contribution < 1.29 is 4.79 Å². The van der Waals surface area contributed by atoms with Crippen LogP contribution in [0.2, 0.25) is 10.0 Å². The fourth-order valence-corrected chi connectivity index (χ4v) is 3.01. The van der Waals surface area contributed by atoms with Crippen LogP contribution in [0.4, 0.5) is 5.69 Å². The molecule has 0 radical (unpaired) electrons. The second-order valence-corrected chi connectivity index (χ2v) is 6.16. The van der Waals surface area contributed by atoms with E-state index in [9.17, 15) is 4.79 Å². The zero-order valence-corrected chi connectivity index (χ0v) is 13.2. The molecular formula is C14H14Cl2N2OS. The molecule has 1 N–H and O–H groups in total. The van der Waals surface area contributed by atoms with Crippen molar-refractivity contribution >= 4 is 46.1 Å². The maximum Gasteiger partial charge on any atom is 0.238 e. The largest absolute Gasteiger partial charge is 0.325 e. The van der Waals surface area contributed by atoms with Crippen LogP contribution in [0.3, 0.4) is 0 Å². The van der Waals surface area contributed by atoms with Crippen molar-refractivity contribution in [3.63, 3.8) is 0 Å². The number of likely N-dealkylation sites (N-methyl/N-ethyl adjacent to an activating group) is 1. The minimum Gasteiger partial charge on any atom is -0.325 e. The standard InChI is InChI=1S/C14H14Cl2N2OS/c1-18(7-10-2-3-20-9-10)8-14(19)17-13-5-11(15)4-12(16)6-13/h2-6,9H,7-8H2,1H3,(H,17,19). The zero-order chi connectivity index (χ0) is 14.5. The van der Waals surface area contributed by atoms with E-state index in [1.807, 2.05) is 17.3 Å². The summed E-state index contributed by atoms with van der Waals surface area (Å²) in [5.74, 6) is -0.0962. The molecule has 1 aromatic heterocycles. The van der Waals surface area contributed by atoms with Gasteiger partial charge in [0, 0.05) is 22.3 Å². The molecule has 2 rings (SSSR count). The van der Waals surface area contributed by atoms with Crippen LogP contribution < -0.4 is 5.32 Å². The van der Waals surface area contributed by atoms with Gasteiger partial charge < -0.3 is 5.32 Å². The first kappa shape index (κ1) is 15.3. The lowest BCUT2D eigenvalue weighted by Crippen LogP contribution is -2.29. The lowest BCUT2D eigenvalue weighted by Gasteiger charge is -2.15. The lowest BCUT2D eigenvalue weighted by atomic mass is 10.3. The summed E-state index contributed by atoms with van der Waals surface area (Å²) in [6.45, 7) is 1.05. The molecule has 6 heteroatoms. The molecule has 0 spiro atoms. The van der Waals surface area contributed by atoms with E-state index < -0.39 is 0 Å². The first-order valence-electron chi connectivity index (χ1n) is 5.98. The van der Waals surface area contributed by atoms with Crippen molar-refractivity contribution in [2.75, 3.05) is 18.9 Å². The van der Waals surface area contributed by atoms with Crippen LogP contribution in [0.25, 0.3) is 0 Å². The van der Waals surface area contributed by atoms with Crippen molar-refractivity contribution in [1.29, 1.82) is 0 Å². The molecule has 0 aliphatic heterocycles. The molecule has 0 aliphatic rings. The average Bonchev–Trinajstić information content (AvgIpc) is 2.79. The maximum absolute atomic E-state index is 11.9. The van der Waals surface area contributed by atoms with E-state index in [2.05, 4.69) is 16.8 Å². The number of hydrogen-bond acceptors (Lipinski definition) is 3. The van der Waals surface area contributed by atoms with Gasteiger partial charge >= 0.3 is 0 Å². The van der Waals surface area contributed by atoms with E-state index in [4.69, 9.17) is 23.2 Å². The number of benzene rings is 1. The third-order valence-corrected chi connectivity index (χ3v) is 3.76.